The van der Waals surface area contributed by atoms with Gasteiger partial charge in [-0.2, -0.15) is 5.10 Å². The molecule has 0 unspecified atom stereocenters. The number of benzene rings is 1. The van der Waals surface area contributed by atoms with E-state index < -0.39 is 29.9 Å². The summed E-state index contributed by atoms with van der Waals surface area (Å²) in [5, 5.41) is 20.8. The molecule has 0 saturated heterocycles. The normalized spacial score (nSPS) is 19.8. The number of amides is 4. The Balaban J connectivity index is 1.35. The second-order valence-corrected chi connectivity index (χ2v) is 12.1. The Kier molecular flexibility index (Phi) is 10.3. The summed E-state index contributed by atoms with van der Waals surface area (Å²) in [4.78, 5) is 62.1. The van der Waals surface area contributed by atoms with E-state index in [0.717, 1.165) is 5.56 Å². The second kappa shape index (κ2) is 14.7. The van der Waals surface area contributed by atoms with Crippen LogP contribution in [0.4, 0.5) is 0 Å². The molecule has 0 fully saturated rings. The van der Waals surface area contributed by atoms with Crippen molar-refractivity contribution in [3.05, 3.63) is 88.1 Å². The minimum Gasteiger partial charge on any atom is -0.354 e. The van der Waals surface area contributed by atoms with Crippen molar-refractivity contribution in [2.45, 2.75) is 57.7 Å². The molecule has 5 N–H and O–H groups in total. The Morgan fingerprint density at radius 1 is 0.978 bits per heavy atom. The number of aromatic amines is 1. The Labute approximate surface area is 264 Å². The Hall–Kier alpha value is -4.91. The number of pyridine rings is 1. The van der Waals surface area contributed by atoms with E-state index in [1.54, 1.807) is 29.8 Å². The number of thiazole rings is 1. The summed E-state index contributed by atoms with van der Waals surface area (Å²) in [6, 6.07) is 14.3. The van der Waals surface area contributed by atoms with Gasteiger partial charge in [0.05, 0.1) is 11.7 Å². The monoisotopic (exact) mass is 628 g/mol. The van der Waals surface area contributed by atoms with Gasteiger partial charge in [0.25, 0.3) is 11.8 Å². The molecule has 45 heavy (non-hydrogen) atoms. The van der Waals surface area contributed by atoms with E-state index in [2.05, 4.69) is 41.4 Å². The van der Waals surface area contributed by atoms with E-state index in [1.165, 1.54) is 11.3 Å². The van der Waals surface area contributed by atoms with Gasteiger partial charge in [-0.15, -0.1) is 11.3 Å². The average molecular weight is 629 g/mol. The van der Waals surface area contributed by atoms with Crippen molar-refractivity contribution < 1.29 is 19.2 Å². The van der Waals surface area contributed by atoms with Crippen molar-refractivity contribution >= 4 is 35.0 Å². The van der Waals surface area contributed by atoms with Crippen molar-refractivity contribution in [2.75, 3.05) is 6.54 Å². The van der Waals surface area contributed by atoms with Crippen LogP contribution in [0.5, 0.6) is 0 Å². The summed E-state index contributed by atoms with van der Waals surface area (Å²) in [5.74, 6) is -1.68. The zero-order valence-electron chi connectivity index (χ0n) is 25.1. The maximum absolute atomic E-state index is 13.6. The maximum Gasteiger partial charge on any atom is 0.271 e. The van der Waals surface area contributed by atoms with Crippen LogP contribution in [0.2, 0.25) is 0 Å². The van der Waals surface area contributed by atoms with Crippen LogP contribution in [-0.4, -0.2) is 62.4 Å². The number of carbonyl (C=O) groups excluding carboxylic acids is 4. The number of rotatable bonds is 6. The lowest BCUT2D eigenvalue weighted by Gasteiger charge is -2.25. The Bertz CT molecular complexity index is 1620. The van der Waals surface area contributed by atoms with Gasteiger partial charge >= 0.3 is 0 Å². The second-order valence-electron chi connectivity index (χ2n) is 11.2. The molecule has 0 radical (unpaired) electrons. The van der Waals surface area contributed by atoms with Gasteiger partial charge in [0, 0.05) is 24.5 Å². The summed E-state index contributed by atoms with van der Waals surface area (Å²) in [6.07, 6.45) is 3.41. The lowest BCUT2D eigenvalue weighted by Crippen LogP contribution is -2.49. The first-order valence-electron chi connectivity index (χ1n) is 14.9. The van der Waals surface area contributed by atoms with Crippen LogP contribution in [0, 0.1) is 5.92 Å². The molecule has 1 aliphatic rings. The smallest absolute Gasteiger partial charge is 0.271 e. The van der Waals surface area contributed by atoms with Gasteiger partial charge in [0.1, 0.15) is 34.2 Å². The number of hydrogen-bond donors (Lipinski definition) is 5. The highest BCUT2D eigenvalue weighted by molar-refractivity contribution is 7.09. The zero-order valence-corrected chi connectivity index (χ0v) is 25.9. The lowest BCUT2D eigenvalue weighted by atomic mass is 10.0. The zero-order chi connectivity index (χ0) is 31.8. The molecule has 0 spiro atoms. The molecule has 3 aromatic heterocycles. The van der Waals surface area contributed by atoms with Crippen molar-refractivity contribution in [3.8, 4) is 11.4 Å². The number of carbonyl (C=O) groups is 4. The summed E-state index contributed by atoms with van der Waals surface area (Å²) in [6.45, 7) is 4.23. The fourth-order valence-electron chi connectivity index (χ4n) is 4.99. The van der Waals surface area contributed by atoms with Gasteiger partial charge in [-0.3, -0.25) is 29.3 Å². The molecule has 0 saturated carbocycles. The van der Waals surface area contributed by atoms with Gasteiger partial charge in [-0.05, 0) is 48.9 Å². The summed E-state index contributed by atoms with van der Waals surface area (Å²) in [7, 11) is 0. The fourth-order valence-corrected chi connectivity index (χ4v) is 6.01. The number of H-pyrrole nitrogens is 1. The molecule has 1 aromatic carbocycles. The van der Waals surface area contributed by atoms with E-state index >= 15 is 0 Å². The molecular formula is C32H36N8O4S. The molecule has 234 valence electrons. The first-order chi connectivity index (χ1) is 21.8. The lowest BCUT2D eigenvalue weighted by molar-refractivity contribution is -0.124. The predicted molar refractivity (Wildman–Crippen MR) is 169 cm³/mol. The van der Waals surface area contributed by atoms with Crippen molar-refractivity contribution in [3.63, 3.8) is 0 Å². The number of nitrogens with zero attached hydrogens (tertiary/aromatic N) is 3. The molecule has 4 amide bonds. The van der Waals surface area contributed by atoms with Gasteiger partial charge in [0.2, 0.25) is 11.8 Å². The quantitative estimate of drug-likeness (QED) is 0.218. The van der Waals surface area contributed by atoms with Crippen LogP contribution >= 0.6 is 11.3 Å². The summed E-state index contributed by atoms with van der Waals surface area (Å²) < 4.78 is 0. The molecule has 0 aliphatic carbocycles. The SMILES string of the molecule is CC(C)[C@H]1NC(=O)[C@@H](NC(=O)c2cc(-c3ccccn3)n[nH]2)CCCCNC(=O)[C@@H](Cc2ccccc2)NC(=O)c2csc1n2. The van der Waals surface area contributed by atoms with Gasteiger partial charge < -0.3 is 21.3 Å². The average Bonchev–Trinajstić information content (AvgIpc) is 3.74. The van der Waals surface area contributed by atoms with Crippen LogP contribution in [0.25, 0.3) is 11.4 Å². The standard InChI is InChI=1S/C32H36N8O4S/c1-19(2)27-32-37-26(18-45-32)31(44)36-24(16-20-10-4-3-5-11-20)28(41)34-15-9-7-13-22(29(42)38-27)35-30(43)25-17-23(39-40-25)21-12-6-8-14-33-21/h3-6,8,10-12,14,17-19,22,24,27H,7,9,13,15-16H2,1-2H3,(H,34,41)(H,35,43)(H,36,44)(H,38,42)(H,39,40)/t22-,24+,27+/m0/s1. The third-order valence-corrected chi connectivity index (χ3v) is 8.41. The van der Waals surface area contributed by atoms with Crippen molar-refractivity contribution in [1.29, 1.82) is 0 Å². The first kappa shape index (κ1) is 31.5. The highest BCUT2D eigenvalue weighted by atomic mass is 32.1. The number of hydrogen-bond acceptors (Lipinski definition) is 8. The Morgan fingerprint density at radius 2 is 1.78 bits per heavy atom. The minimum atomic E-state index is -0.863. The molecule has 4 aromatic rings. The molecule has 4 heterocycles. The molecule has 12 nitrogen and oxygen atoms in total. The first-order valence-corrected chi connectivity index (χ1v) is 15.8. The van der Waals surface area contributed by atoms with E-state index in [4.69, 9.17) is 0 Å². The van der Waals surface area contributed by atoms with E-state index in [1.807, 2.05) is 50.2 Å². The van der Waals surface area contributed by atoms with Crippen LogP contribution in [-0.2, 0) is 16.0 Å². The maximum atomic E-state index is 13.6. The van der Waals surface area contributed by atoms with Crippen molar-refractivity contribution in [2.24, 2.45) is 5.92 Å². The molecule has 5 rings (SSSR count). The van der Waals surface area contributed by atoms with Gasteiger partial charge in [-0.25, -0.2) is 4.98 Å². The van der Waals surface area contributed by atoms with Crippen LogP contribution < -0.4 is 21.3 Å². The number of nitrogens with one attached hydrogen (secondary N) is 5. The summed E-state index contributed by atoms with van der Waals surface area (Å²) >= 11 is 1.26. The Morgan fingerprint density at radius 3 is 2.53 bits per heavy atom. The third-order valence-electron chi connectivity index (χ3n) is 7.48. The molecular weight excluding hydrogens is 592 g/mol. The largest absolute Gasteiger partial charge is 0.354 e. The van der Waals surface area contributed by atoms with E-state index in [-0.39, 0.29) is 29.1 Å². The van der Waals surface area contributed by atoms with Crippen LogP contribution in [0.3, 0.4) is 0 Å². The molecule has 13 heteroatoms. The van der Waals surface area contributed by atoms with Gasteiger partial charge in [-0.1, -0.05) is 50.2 Å². The minimum absolute atomic E-state index is 0.0589. The van der Waals surface area contributed by atoms with E-state index in [0.29, 0.717) is 48.6 Å². The predicted octanol–water partition coefficient (Wildman–Crippen LogP) is 3.18. The number of aromatic nitrogens is 4. The highest BCUT2D eigenvalue weighted by Gasteiger charge is 2.30. The van der Waals surface area contributed by atoms with Gasteiger partial charge in [0.15, 0.2) is 0 Å². The molecule has 2 bridgehead atoms. The summed E-state index contributed by atoms with van der Waals surface area (Å²) in [5.41, 5.74) is 2.40. The van der Waals surface area contributed by atoms with Crippen LogP contribution in [0.1, 0.15) is 70.7 Å². The number of fused-ring (bicyclic) bond motifs is 2. The van der Waals surface area contributed by atoms with Crippen LogP contribution in [0.15, 0.2) is 66.2 Å². The fraction of sp³-hybridized carbons (Fsp3) is 0.344. The molecule has 3 atom stereocenters. The topological polar surface area (TPSA) is 171 Å². The van der Waals surface area contributed by atoms with E-state index in [9.17, 15) is 19.2 Å². The molecule has 1 aliphatic heterocycles. The van der Waals surface area contributed by atoms with Crippen molar-refractivity contribution in [1.82, 2.24) is 41.4 Å². The third kappa shape index (κ3) is 8.18. The highest BCUT2D eigenvalue weighted by Crippen LogP contribution is 2.26.